The summed E-state index contributed by atoms with van der Waals surface area (Å²) in [6.45, 7) is 1.63. The Bertz CT molecular complexity index is 1340. The van der Waals surface area contributed by atoms with Crippen molar-refractivity contribution in [2.24, 2.45) is 0 Å². The third-order valence-electron chi connectivity index (χ3n) is 6.01. The number of aromatic nitrogens is 1. The van der Waals surface area contributed by atoms with Crippen molar-refractivity contribution in [3.63, 3.8) is 0 Å². The summed E-state index contributed by atoms with van der Waals surface area (Å²) in [5.74, 6) is 0.548. The number of methoxy groups -OCH3 is 1. The minimum absolute atomic E-state index is 0.204. The molecule has 0 N–H and O–H groups in total. The molecule has 0 bridgehead atoms. The van der Waals surface area contributed by atoms with E-state index in [2.05, 4.69) is 4.98 Å². The summed E-state index contributed by atoms with van der Waals surface area (Å²) < 4.78 is 40.9. The van der Waals surface area contributed by atoms with E-state index in [0.29, 0.717) is 42.9 Å². The molecule has 3 heterocycles. The van der Waals surface area contributed by atoms with Crippen LogP contribution in [0.15, 0.2) is 54.7 Å². The van der Waals surface area contributed by atoms with Crippen LogP contribution in [-0.2, 0) is 21.5 Å². The second-order valence-electron chi connectivity index (χ2n) is 8.07. The number of nitrogens with zero attached hydrogens (tertiary/aromatic N) is 3. The average molecular weight is 498 g/mol. The van der Waals surface area contributed by atoms with E-state index >= 15 is 0 Å². The maximum Gasteiger partial charge on any atom is 0.304 e. The van der Waals surface area contributed by atoms with Gasteiger partial charge in [-0.25, -0.2) is 4.98 Å². The maximum atomic E-state index is 13.7. The van der Waals surface area contributed by atoms with Gasteiger partial charge in [0.25, 0.3) is 0 Å². The number of hydrogen-bond acceptors (Lipinski definition) is 5. The van der Waals surface area contributed by atoms with E-state index < -0.39 is 10.2 Å². The van der Waals surface area contributed by atoms with Crippen LogP contribution >= 0.6 is 11.6 Å². The second-order valence-corrected chi connectivity index (χ2v) is 10.4. The lowest BCUT2D eigenvalue weighted by molar-refractivity contribution is 0.0729. The van der Waals surface area contributed by atoms with Crippen LogP contribution in [0, 0.1) is 0 Å². The molecule has 0 spiro atoms. The number of morpholine rings is 1. The summed E-state index contributed by atoms with van der Waals surface area (Å²) in [6, 6.07) is 15.0. The van der Waals surface area contributed by atoms with Gasteiger partial charge in [0.1, 0.15) is 0 Å². The van der Waals surface area contributed by atoms with E-state index in [9.17, 15) is 8.42 Å². The zero-order valence-electron chi connectivity index (χ0n) is 18.6. The molecule has 2 aliphatic heterocycles. The van der Waals surface area contributed by atoms with Crippen LogP contribution in [0.25, 0.3) is 23.3 Å². The smallest absolute Gasteiger partial charge is 0.304 e. The van der Waals surface area contributed by atoms with Crippen LogP contribution in [0.3, 0.4) is 0 Å². The quantitative estimate of drug-likeness (QED) is 0.531. The third-order valence-corrected chi connectivity index (χ3v) is 8.15. The number of benzene rings is 2. The maximum absolute atomic E-state index is 13.7. The summed E-state index contributed by atoms with van der Waals surface area (Å²) in [7, 11) is -2.20. The number of pyridine rings is 1. The Kier molecular flexibility index (Phi) is 6.31. The molecule has 0 unspecified atom stereocenters. The van der Waals surface area contributed by atoms with Gasteiger partial charge in [-0.1, -0.05) is 35.9 Å². The predicted molar refractivity (Wildman–Crippen MR) is 134 cm³/mol. The topological polar surface area (TPSA) is 72.0 Å². The van der Waals surface area contributed by atoms with Crippen molar-refractivity contribution < 1.29 is 17.9 Å². The lowest BCUT2D eigenvalue weighted by Gasteiger charge is -2.35. The molecule has 1 saturated heterocycles. The SMILES string of the molecule is COc1ccc(-c2ccc3c(c2)C=Cc2cc(Cl)ccc2N(S(=O)(=O)N2CCOCC2)C3)cn1. The minimum atomic E-state index is -3.78. The zero-order valence-corrected chi connectivity index (χ0v) is 20.2. The first kappa shape index (κ1) is 22.9. The number of anilines is 1. The van der Waals surface area contributed by atoms with Crippen molar-refractivity contribution in [1.29, 1.82) is 0 Å². The third kappa shape index (κ3) is 4.42. The van der Waals surface area contributed by atoms with Crippen molar-refractivity contribution in [3.8, 4) is 17.0 Å². The highest BCUT2D eigenvalue weighted by Crippen LogP contribution is 2.35. The number of ether oxygens (including phenoxy) is 2. The molecule has 34 heavy (non-hydrogen) atoms. The molecular weight excluding hydrogens is 474 g/mol. The van der Waals surface area contributed by atoms with Crippen LogP contribution in [0.1, 0.15) is 16.7 Å². The molecule has 1 aromatic heterocycles. The molecule has 3 aromatic rings. The van der Waals surface area contributed by atoms with Gasteiger partial charge in [-0.15, -0.1) is 0 Å². The Morgan fingerprint density at radius 1 is 0.971 bits per heavy atom. The Hall–Kier alpha value is -2.91. The van der Waals surface area contributed by atoms with Crippen LogP contribution in [0.2, 0.25) is 5.02 Å². The van der Waals surface area contributed by atoms with E-state index in [4.69, 9.17) is 21.1 Å². The highest BCUT2D eigenvalue weighted by atomic mass is 35.5. The average Bonchev–Trinajstić information content (AvgIpc) is 2.86. The summed E-state index contributed by atoms with van der Waals surface area (Å²) in [4.78, 5) is 4.30. The highest BCUT2D eigenvalue weighted by Gasteiger charge is 2.33. The van der Waals surface area contributed by atoms with Gasteiger partial charge in [-0.05, 0) is 47.0 Å². The Morgan fingerprint density at radius 2 is 1.74 bits per heavy atom. The van der Waals surface area contributed by atoms with E-state index in [1.165, 1.54) is 8.61 Å². The molecule has 2 aromatic carbocycles. The van der Waals surface area contributed by atoms with E-state index in [1.54, 1.807) is 31.5 Å². The van der Waals surface area contributed by atoms with Crippen molar-refractivity contribution >= 4 is 39.6 Å². The largest absolute Gasteiger partial charge is 0.481 e. The number of fused-ring (bicyclic) bond motifs is 2. The van der Waals surface area contributed by atoms with E-state index in [0.717, 1.165) is 27.8 Å². The summed E-state index contributed by atoms with van der Waals surface area (Å²) in [5, 5.41) is 0.547. The van der Waals surface area contributed by atoms with Crippen molar-refractivity contribution in [1.82, 2.24) is 9.29 Å². The van der Waals surface area contributed by atoms with Crippen LogP contribution < -0.4 is 9.04 Å². The fourth-order valence-corrected chi connectivity index (χ4v) is 5.96. The Morgan fingerprint density at radius 3 is 2.47 bits per heavy atom. The van der Waals surface area contributed by atoms with Crippen LogP contribution in [0.4, 0.5) is 5.69 Å². The fraction of sp³-hybridized carbons (Fsp3) is 0.240. The van der Waals surface area contributed by atoms with Gasteiger partial charge in [0.2, 0.25) is 5.88 Å². The zero-order chi connectivity index (χ0) is 23.7. The highest BCUT2D eigenvalue weighted by molar-refractivity contribution is 7.90. The van der Waals surface area contributed by atoms with Crippen molar-refractivity contribution in [2.75, 3.05) is 37.7 Å². The van der Waals surface area contributed by atoms with Crippen molar-refractivity contribution in [3.05, 3.63) is 76.4 Å². The van der Waals surface area contributed by atoms with Gasteiger partial charge in [-0.3, -0.25) is 4.31 Å². The molecule has 0 aliphatic carbocycles. The molecule has 1 fully saturated rings. The first-order chi connectivity index (χ1) is 16.5. The standard InChI is InChI=1S/C25H24ClN3O4S/c1-32-25-9-6-21(16-27-25)18-3-5-22-17-29(34(30,31)28-10-12-33-13-11-28)24-8-7-23(26)15-20(24)4-2-19(22)14-18/h2-9,14-16H,10-13,17H2,1H3. The lowest BCUT2D eigenvalue weighted by Crippen LogP contribution is -2.48. The van der Waals surface area contributed by atoms with Gasteiger partial charge >= 0.3 is 10.2 Å². The van der Waals surface area contributed by atoms with E-state index in [-0.39, 0.29) is 6.54 Å². The summed E-state index contributed by atoms with van der Waals surface area (Å²) in [5.41, 5.74) is 5.10. The minimum Gasteiger partial charge on any atom is -0.481 e. The van der Waals surface area contributed by atoms with Crippen molar-refractivity contribution in [2.45, 2.75) is 6.54 Å². The number of halogens is 1. The molecule has 0 amide bonds. The van der Waals surface area contributed by atoms with Gasteiger partial charge in [0.15, 0.2) is 0 Å². The van der Waals surface area contributed by atoms with Gasteiger partial charge in [0, 0.05) is 41.5 Å². The predicted octanol–water partition coefficient (Wildman–Crippen LogP) is 4.48. The fourth-order valence-electron chi connectivity index (χ4n) is 4.17. The van der Waals surface area contributed by atoms with Crippen LogP contribution in [0.5, 0.6) is 5.88 Å². The molecular formula is C25H24ClN3O4S. The summed E-state index contributed by atoms with van der Waals surface area (Å²) in [6.07, 6.45) is 5.68. The monoisotopic (exact) mass is 497 g/mol. The first-order valence-corrected chi connectivity index (χ1v) is 12.7. The Balaban J connectivity index is 1.59. The molecule has 9 heteroatoms. The normalized spacial score (nSPS) is 16.4. The molecule has 176 valence electrons. The van der Waals surface area contributed by atoms with Gasteiger partial charge < -0.3 is 9.47 Å². The lowest BCUT2D eigenvalue weighted by atomic mass is 9.97. The number of rotatable bonds is 4. The van der Waals surface area contributed by atoms with Crippen LogP contribution in [-0.4, -0.2) is 51.1 Å². The number of hydrogen-bond donors (Lipinski definition) is 0. The molecule has 0 atom stereocenters. The van der Waals surface area contributed by atoms with Gasteiger partial charge in [-0.2, -0.15) is 12.7 Å². The Labute approximate surface area is 204 Å². The summed E-state index contributed by atoms with van der Waals surface area (Å²) >= 11 is 6.27. The van der Waals surface area contributed by atoms with Gasteiger partial charge in [0.05, 0.1) is 32.6 Å². The molecule has 0 saturated carbocycles. The molecule has 2 aliphatic rings. The second kappa shape index (κ2) is 9.38. The van der Waals surface area contributed by atoms with E-state index in [1.807, 2.05) is 42.5 Å². The molecule has 0 radical (unpaired) electrons. The molecule has 5 rings (SSSR count). The first-order valence-electron chi connectivity index (χ1n) is 10.9. The molecule has 7 nitrogen and oxygen atoms in total.